The van der Waals surface area contributed by atoms with E-state index < -0.39 is 5.91 Å². The van der Waals surface area contributed by atoms with Crippen LogP contribution in [0.15, 0.2) is 41.0 Å². The molecule has 1 heterocycles. The zero-order chi connectivity index (χ0) is 13.7. The second-order valence-electron chi connectivity index (χ2n) is 3.85. The number of thioether (sulfide) groups is 1. The summed E-state index contributed by atoms with van der Waals surface area (Å²) in [6.45, 7) is 0. The average molecular weight is 280 g/mol. The van der Waals surface area contributed by atoms with Crippen molar-refractivity contribution in [3.63, 3.8) is 0 Å². The van der Waals surface area contributed by atoms with Gasteiger partial charge in [-0.25, -0.2) is 10.2 Å². The lowest BCUT2D eigenvalue weighted by atomic mass is 10.1. The topological polar surface area (TPSA) is 68.3 Å². The van der Waals surface area contributed by atoms with Gasteiger partial charge in [0.15, 0.2) is 0 Å². The molecule has 0 atom stereocenters. The standard InChI is InChI=1S/C13H13FN2O2S/c14-12-4-3-9(13(17)16-15)6-10(12)7-19-8-11-2-1-5-18-11/h1-6H,7-8,15H2,(H,16,17). The summed E-state index contributed by atoms with van der Waals surface area (Å²) < 4.78 is 18.8. The Morgan fingerprint density at radius 1 is 1.37 bits per heavy atom. The van der Waals surface area contributed by atoms with Crippen molar-refractivity contribution < 1.29 is 13.6 Å². The molecule has 1 amide bonds. The Balaban J connectivity index is 2.00. The number of nitrogen functional groups attached to an aromatic ring is 1. The van der Waals surface area contributed by atoms with Crippen LogP contribution in [0, 0.1) is 5.82 Å². The number of carbonyl (C=O) groups excluding carboxylic acids is 1. The Kier molecular flexibility index (Phi) is 4.59. The molecule has 3 N–H and O–H groups in total. The van der Waals surface area contributed by atoms with Crippen LogP contribution in [0.5, 0.6) is 0 Å². The van der Waals surface area contributed by atoms with Gasteiger partial charge in [0.25, 0.3) is 5.91 Å². The van der Waals surface area contributed by atoms with E-state index in [2.05, 4.69) is 0 Å². The third-order valence-electron chi connectivity index (χ3n) is 2.52. The van der Waals surface area contributed by atoms with Crippen LogP contribution in [-0.4, -0.2) is 5.91 Å². The fraction of sp³-hybridized carbons (Fsp3) is 0.154. The molecule has 2 aromatic rings. The molecule has 0 unspecified atom stereocenters. The van der Waals surface area contributed by atoms with Crippen LogP contribution in [0.2, 0.25) is 0 Å². The number of rotatable bonds is 5. The number of furan rings is 1. The van der Waals surface area contributed by atoms with Crippen LogP contribution in [0.4, 0.5) is 4.39 Å². The molecule has 100 valence electrons. The highest BCUT2D eigenvalue weighted by Crippen LogP contribution is 2.21. The average Bonchev–Trinajstić information content (AvgIpc) is 2.93. The lowest BCUT2D eigenvalue weighted by Crippen LogP contribution is -2.30. The molecule has 0 aliphatic heterocycles. The molecule has 0 fully saturated rings. The first-order valence-electron chi connectivity index (χ1n) is 5.60. The minimum Gasteiger partial charge on any atom is -0.468 e. The van der Waals surface area contributed by atoms with Crippen molar-refractivity contribution >= 4 is 17.7 Å². The lowest BCUT2D eigenvalue weighted by Gasteiger charge is -2.05. The molecule has 0 aliphatic rings. The summed E-state index contributed by atoms with van der Waals surface area (Å²) in [5.41, 5.74) is 2.84. The Hall–Kier alpha value is -1.79. The number of carbonyl (C=O) groups is 1. The first-order chi connectivity index (χ1) is 9.20. The van der Waals surface area contributed by atoms with Crippen molar-refractivity contribution in [2.24, 2.45) is 5.84 Å². The number of hydrazine groups is 1. The second kappa shape index (κ2) is 6.40. The van der Waals surface area contributed by atoms with Crippen molar-refractivity contribution in [1.82, 2.24) is 5.43 Å². The summed E-state index contributed by atoms with van der Waals surface area (Å²) in [6, 6.07) is 7.85. The van der Waals surface area contributed by atoms with Crippen LogP contribution in [-0.2, 0) is 11.5 Å². The molecule has 6 heteroatoms. The van der Waals surface area contributed by atoms with Gasteiger partial charge in [-0.3, -0.25) is 10.2 Å². The summed E-state index contributed by atoms with van der Waals surface area (Å²) in [7, 11) is 0. The molecule has 19 heavy (non-hydrogen) atoms. The molecule has 0 aliphatic carbocycles. The number of halogens is 1. The molecule has 0 saturated carbocycles. The molecule has 0 bridgehead atoms. The second-order valence-corrected chi connectivity index (χ2v) is 4.84. The minimum atomic E-state index is -0.433. The monoisotopic (exact) mass is 280 g/mol. The van der Waals surface area contributed by atoms with Crippen molar-refractivity contribution in [2.75, 3.05) is 0 Å². The number of hydrogen-bond acceptors (Lipinski definition) is 4. The number of hydrogen-bond donors (Lipinski definition) is 2. The van der Waals surface area contributed by atoms with E-state index >= 15 is 0 Å². The molecule has 0 saturated heterocycles. The van der Waals surface area contributed by atoms with Gasteiger partial charge >= 0.3 is 0 Å². The molecule has 0 radical (unpaired) electrons. The fourth-order valence-corrected chi connectivity index (χ4v) is 2.47. The van der Waals surface area contributed by atoms with E-state index in [9.17, 15) is 9.18 Å². The summed E-state index contributed by atoms with van der Waals surface area (Å²) in [4.78, 5) is 11.4. The highest BCUT2D eigenvalue weighted by atomic mass is 32.2. The fourth-order valence-electron chi connectivity index (χ4n) is 1.57. The van der Waals surface area contributed by atoms with E-state index in [1.165, 1.54) is 30.0 Å². The van der Waals surface area contributed by atoms with Crippen LogP contribution in [0.3, 0.4) is 0 Å². The first kappa shape index (κ1) is 13.6. The largest absolute Gasteiger partial charge is 0.468 e. The summed E-state index contributed by atoms with van der Waals surface area (Å²) in [6.07, 6.45) is 1.60. The Labute approximate surface area is 114 Å². The molecule has 1 aromatic heterocycles. The van der Waals surface area contributed by atoms with Crippen molar-refractivity contribution in [1.29, 1.82) is 0 Å². The number of nitrogens with two attached hydrogens (primary N) is 1. The Morgan fingerprint density at radius 2 is 2.21 bits per heavy atom. The van der Waals surface area contributed by atoms with E-state index in [0.717, 1.165) is 5.76 Å². The Bertz CT molecular complexity index is 558. The van der Waals surface area contributed by atoms with E-state index in [1.54, 1.807) is 6.26 Å². The maximum atomic E-state index is 13.6. The van der Waals surface area contributed by atoms with E-state index in [0.29, 0.717) is 22.6 Å². The van der Waals surface area contributed by atoms with Gasteiger partial charge in [-0.2, -0.15) is 0 Å². The van der Waals surface area contributed by atoms with Gasteiger partial charge in [0.1, 0.15) is 11.6 Å². The van der Waals surface area contributed by atoms with Gasteiger partial charge in [-0.1, -0.05) is 0 Å². The van der Waals surface area contributed by atoms with Gasteiger partial charge in [-0.05, 0) is 35.9 Å². The lowest BCUT2D eigenvalue weighted by molar-refractivity contribution is 0.0953. The minimum absolute atomic E-state index is 0.333. The molecule has 2 rings (SSSR count). The molecular weight excluding hydrogens is 267 g/mol. The van der Waals surface area contributed by atoms with Crippen molar-refractivity contribution in [3.05, 3.63) is 59.3 Å². The molecule has 0 spiro atoms. The van der Waals surface area contributed by atoms with Crippen LogP contribution in [0.25, 0.3) is 0 Å². The summed E-state index contributed by atoms with van der Waals surface area (Å²) >= 11 is 1.51. The first-order valence-corrected chi connectivity index (χ1v) is 6.75. The van der Waals surface area contributed by atoms with Gasteiger partial charge in [0.2, 0.25) is 0 Å². The quantitative estimate of drug-likeness (QED) is 0.501. The van der Waals surface area contributed by atoms with Crippen LogP contribution in [0.1, 0.15) is 21.7 Å². The number of benzene rings is 1. The van der Waals surface area contributed by atoms with E-state index in [1.807, 2.05) is 17.6 Å². The molecule has 1 aromatic carbocycles. The number of nitrogens with one attached hydrogen (secondary N) is 1. The molecule has 4 nitrogen and oxygen atoms in total. The van der Waals surface area contributed by atoms with E-state index in [-0.39, 0.29) is 5.82 Å². The summed E-state index contributed by atoms with van der Waals surface area (Å²) in [5, 5.41) is 0. The van der Waals surface area contributed by atoms with Crippen molar-refractivity contribution in [2.45, 2.75) is 11.5 Å². The van der Waals surface area contributed by atoms with Gasteiger partial charge in [0, 0.05) is 11.3 Å². The predicted octanol–water partition coefficient (Wildman–Crippen LogP) is 2.46. The zero-order valence-electron chi connectivity index (χ0n) is 10.1. The SMILES string of the molecule is NNC(=O)c1ccc(F)c(CSCc2ccco2)c1. The van der Waals surface area contributed by atoms with Gasteiger partial charge in [0.05, 0.1) is 12.0 Å². The maximum Gasteiger partial charge on any atom is 0.265 e. The highest BCUT2D eigenvalue weighted by Gasteiger charge is 2.09. The Morgan fingerprint density at radius 3 is 2.89 bits per heavy atom. The molecular formula is C13H13FN2O2S. The highest BCUT2D eigenvalue weighted by molar-refractivity contribution is 7.97. The van der Waals surface area contributed by atoms with Crippen LogP contribution >= 0.6 is 11.8 Å². The third-order valence-corrected chi connectivity index (χ3v) is 3.52. The van der Waals surface area contributed by atoms with Gasteiger partial charge < -0.3 is 4.42 Å². The van der Waals surface area contributed by atoms with Crippen molar-refractivity contribution in [3.8, 4) is 0 Å². The maximum absolute atomic E-state index is 13.6. The predicted molar refractivity (Wildman–Crippen MR) is 71.8 cm³/mol. The summed E-state index contributed by atoms with van der Waals surface area (Å²) in [5.74, 6) is 6.22. The third kappa shape index (κ3) is 3.59. The normalized spacial score (nSPS) is 10.4. The van der Waals surface area contributed by atoms with Crippen LogP contribution < -0.4 is 11.3 Å². The number of amides is 1. The van der Waals surface area contributed by atoms with E-state index in [4.69, 9.17) is 10.3 Å². The zero-order valence-corrected chi connectivity index (χ0v) is 10.9. The van der Waals surface area contributed by atoms with Gasteiger partial charge in [-0.15, -0.1) is 11.8 Å². The smallest absolute Gasteiger partial charge is 0.265 e.